The number of aliphatic imine (C=N–C) groups is 2. The smallest absolute Gasteiger partial charge is 0.294 e. The summed E-state index contributed by atoms with van der Waals surface area (Å²) in [6, 6.07) is 0. The van der Waals surface area contributed by atoms with Crippen molar-refractivity contribution < 1.29 is 9.84 Å². The van der Waals surface area contributed by atoms with E-state index in [1.165, 1.54) is 6.08 Å². The molecule has 0 aromatic carbocycles. The molecule has 0 spiro atoms. The van der Waals surface area contributed by atoms with Crippen molar-refractivity contribution in [2.24, 2.45) is 9.98 Å². The highest BCUT2D eigenvalue weighted by molar-refractivity contribution is 6.22. The molecule has 1 aliphatic carbocycles. The third-order valence-corrected chi connectivity index (χ3v) is 4.21. The van der Waals surface area contributed by atoms with E-state index in [0.717, 1.165) is 13.0 Å². The minimum atomic E-state index is -0.147. The molecule has 0 saturated carbocycles. The van der Waals surface area contributed by atoms with E-state index in [9.17, 15) is 9.90 Å². The Kier molecular flexibility index (Phi) is 3.51. The lowest BCUT2D eigenvalue weighted by Gasteiger charge is -2.19. The van der Waals surface area contributed by atoms with Gasteiger partial charge in [-0.25, -0.2) is 9.67 Å². The van der Waals surface area contributed by atoms with Crippen LogP contribution < -0.4 is 10.9 Å². The molecular formula is C16H19N5O3. The Labute approximate surface area is 138 Å². The Morgan fingerprint density at radius 3 is 3.04 bits per heavy atom. The van der Waals surface area contributed by atoms with E-state index in [-0.39, 0.29) is 11.3 Å². The van der Waals surface area contributed by atoms with Crippen molar-refractivity contribution in [3.05, 3.63) is 34.0 Å². The molecule has 0 bridgehead atoms. The monoisotopic (exact) mass is 329 g/mol. The molecule has 1 aromatic rings. The van der Waals surface area contributed by atoms with Crippen LogP contribution in [0.1, 0.15) is 13.3 Å². The summed E-state index contributed by atoms with van der Waals surface area (Å²) in [5.41, 5.74) is 1.10. The van der Waals surface area contributed by atoms with E-state index in [1.54, 1.807) is 10.8 Å². The number of rotatable bonds is 3. The number of hydrogen-bond donors (Lipinski definition) is 2. The summed E-state index contributed by atoms with van der Waals surface area (Å²) in [4.78, 5) is 21.4. The lowest BCUT2D eigenvalue weighted by Crippen LogP contribution is -2.21. The molecule has 8 heteroatoms. The topological polar surface area (TPSA) is 93.1 Å². The second-order valence-electron chi connectivity index (χ2n) is 5.78. The normalized spacial score (nSPS) is 20.7. The molecule has 4 rings (SSSR count). The third-order valence-electron chi connectivity index (χ3n) is 4.21. The van der Waals surface area contributed by atoms with Crippen molar-refractivity contribution >= 4 is 22.9 Å². The Morgan fingerprint density at radius 1 is 1.38 bits per heavy atom. The van der Waals surface area contributed by atoms with Crippen LogP contribution in [0, 0.1) is 0 Å². The summed E-state index contributed by atoms with van der Waals surface area (Å²) in [6.45, 7) is 5.20. The second-order valence-corrected chi connectivity index (χ2v) is 5.78. The van der Waals surface area contributed by atoms with Gasteiger partial charge in [0.1, 0.15) is 29.5 Å². The number of nitrogens with zero attached hydrogens (tertiary/aromatic N) is 4. The van der Waals surface area contributed by atoms with Gasteiger partial charge >= 0.3 is 0 Å². The summed E-state index contributed by atoms with van der Waals surface area (Å²) in [7, 11) is 0. The molecule has 0 amide bonds. The van der Waals surface area contributed by atoms with E-state index < -0.39 is 0 Å². The van der Waals surface area contributed by atoms with Gasteiger partial charge in [0.25, 0.3) is 5.56 Å². The van der Waals surface area contributed by atoms with Crippen LogP contribution in [0.5, 0.6) is 0 Å². The first-order valence-electron chi connectivity index (χ1n) is 8.15. The van der Waals surface area contributed by atoms with Crippen molar-refractivity contribution in [3.8, 4) is 0 Å². The molecule has 1 aromatic heterocycles. The number of aromatic nitrogens is 2. The van der Waals surface area contributed by atoms with Crippen molar-refractivity contribution in [1.82, 2.24) is 9.36 Å². The first kappa shape index (κ1) is 14.8. The standard InChI is InChI=1S/C16H19N5O3/c1-2-17-15-14(16(23)21-6-3-5-20(15)21)19-10-9-13-11(8-12(10)22)18-4-7-24-13/h8-9,17,22H,2-7H2,1H3/b19-10+. The van der Waals surface area contributed by atoms with Gasteiger partial charge in [0.05, 0.1) is 6.54 Å². The Hall–Kier alpha value is -2.77. The quantitative estimate of drug-likeness (QED) is 0.819. The molecular weight excluding hydrogens is 310 g/mol. The average molecular weight is 329 g/mol. The van der Waals surface area contributed by atoms with Crippen LogP contribution in [0.15, 0.2) is 38.4 Å². The minimum Gasteiger partial charge on any atom is -0.506 e. The van der Waals surface area contributed by atoms with Crippen LogP contribution in [-0.4, -0.2) is 45.6 Å². The number of aliphatic hydroxyl groups excluding tert-OH is 1. The van der Waals surface area contributed by atoms with Crippen molar-refractivity contribution in [2.45, 2.75) is 26.4 Å². The second kappa shape index (κ2) is 5.70. The predicted molar refractivity (Wildman–Crippen MR) is 91.6 cm³/mol. The summed E-state index contributed by atoms with van der Waals surface area (Å²) in [6.07, 6.45) is 4.10. The lowest BCUT2D eigenvalue weighted by molar-refractivity contribution is 0.232. The molecule has 24 heavy (non-hydrogen) atoms. The molecule has 0 fully saturated rings. The molecule has 3 heterocycles. The van der Waals surface area contributed by atoms with Gasteiger partial charge in [-0.1, -0.05) is 0 Å². The zero-order valence-corrected chi connectivity index (χ0v) is 13.4. The maximum Gasteiger partial charge on any atom is 0.294 e. The first-order chi connectivity index (χ1) is 11.7. The van der Waals surface area contributed by atoms with E-state index >= 15 is 0 Å². The molecule has 0 saturated heterocycles. The van der Waals surface area contributed by atoms with Gasteiger partial charge in [-0.2, -0.15) is 0 Å². The summed E-state index contributed by atoms with van der Waals surface area (Å²) in [5.74, 6) is 1.26. The third kappa shape index (κ3) is 2.26. The van der Waals surface area contributed by atoms with Gasteiger partial charge in [0.2, 0.25) is 0 Å². The number of hydrogen-bond acceptors (Lipinski definition) is 6. The number of ether oxygens (including phenoxy) is 1. The molecule has 8 nitrogen and oxygen atoms in total. The van der Waals surface area contributed by atoms with Crippen LogP contribution in [0.25, 0.3) is 0 Å². The summed E-state index contributed by atoms with van der Waals surface area (Å²) >= 11 is 0. The molecule has 3 aliphatic rings. The zero-order valence-electron chi connectivity index (χ0n) is 13.4. The Bertz CT molecular complexity index is 869. The molecule has 0 radical (unpaired) electrons. The molecule has 0 atom stereocenters. The number of fused-ring (bicyclic) bond motifs is 2. The average Bonchev–Trinajstić information content (AvgIpc) is 3.14. The first-order valence-corrected chi connectivity index (χ1v) is 8.15. The minimum absolute atomic E-state index is 0.0128. The van der Waals surface area contributed by atoms with Crippen LogP contribution in [0.3, 0.4) is 0 Å². The van der Waals surface area contributed by atoms with E-state index in [1.807, 2.05) is 11.6 Å². The lowest BCUT2D eigenvalue weighted by atomic mass is 10.1. The fraction of sp³-hybridized carbons (Fsp3) is 0.438. The SMILES string of the molecule is CCNc1c(/N=C2\C=C3OCCN=C3C=C2O)c(=O)n2n1CCC2. The van der Waals surface area contributed by atoms with Crippen LogP contribution >= 0.6 is 0 Å². The Morgan fingerprint density at radius 2 is 2.21 bits per heavy atom. The van der Waals surface area contributed by atoms with Gasteiger partial charge in [-0.3, -0.25) is 14.5 Å². The molecule has 0 unspecified atom stereocenters. The van der Waals surface area contributed by atoms with Crippen LogP contribution in [0.2, 0.25) is 0 Å². The molecule has 2 N–H and O–H groups in total. The van der Waals surface area contributed by atoms with E-state index in [4.69, 9.17) is 4.74 Å². The van der Waals surface area contributed by atoms with Crippen molar-refractivity contribution in [3.63, 3.8) is 0 Å². The maximum absolute atomic E-state index is 12.6. The van der Waals surface area contributed by atoms with Crippen LogP contribution in [0.4, 0.5) is 11.5 Å². The fourth-order valence-electron chi connectivity index (χ4n) is 3.16. The molecule has 2 aliphatic heterocycles. The van der Waals surface area contributed by atoms with Gasteiger partial charge in [-0.15, -0.1) is 0 Å². The largest absolute Gasteiger partial charge is 0.506 e. The van der Waals surface area contributed by atoms with Gasteiger partial charge in [0, 0.05) is 31.8 Å². The highest BCUT2D eigenvalue weighted by Crippen LogP contribution is 2.27. The number of allylic oxidation sites excluding steroid dienone is 2. The van der Waals surface area contributed by atoms with Gasteiger partial charge in [0.15, 0.2) is 11.5 Å². The zero-order chi connectivity index (χ0) is 16.7. The Balaban J connectivity index is 1.82. The van der Waals surface area contributed by atoms with E-state index in [2.05, 4.69) is 15.3 Å². The van der Waals surface area contributed by atoms with Crippen molar-refractivity contribution in [2.75, 3.05) is 25.0 Å². The fourth-order valence-corrected chi connectivity index (χ4v) is 3.16. The van der Waals surface area contributed by atoms with Gasteiger partial charge in [-0.05, 0) is 13.3 Å². The summed E-state index contributed by atoms with van der Waals surface area (Å²) in [5, 5.41) is 13.5. The number of aliphatic hydroxyl groups is 1. The highest BCUT2D eigenvalue weighted by Gasteiger charge is 2.25. The molecule has 126 valence electrons. The van der Waals surface area contributed by atoms with E-state index in [0.29, 0.717) is 54.9 Å². The number of anilines is 1. The summed E-state index contributed by atoms with van der Waals surface area (Å²) < 4.78 is 9.17. The van der Waals surface area contributed by atoms with Gasteiger partial charge < -0.3 is 15.2 Å². The highest BCUT2D eigenvalue weighted by atomic mass is 16.5. The van der Waals surface area contributed by atoms with Crippen molar-refractivity contribution in [1.29, 1.82) is 0 Å². The maximum atomic E-state index is 12.6. The number of nitrogens with one attached hydrogen (secondary N) is 1. The predicted octanol–water partition coefficient (Wildman–Crippen LogP) is 1.37. The van der Waals surface area contributed by atoms with Crippen LogP contribution in [-0.2, 0) is 17.8 Å².